The van der Waals surface area contributed by atoms with Crippen molar-refractivity contribution in [3.8, 4) is 0 Å². The normalized spacial score (nSPS) is 12.2. The van der Waals surface area contributed by atoms with Crippen LogP contribution in [0.1, 0.15) is 13.3 Å². The summed E-state index contributed by atoms with van der Waals surface area (Å²) in [6.07, 6.45) is 0.581. The lowest BCUT2D eigenvalue weighted by atomic mass is 10.3. The lowest BCUT2D eigenvalue weighted by molar-refractivity contribution is 0.314. The van der Waals surface area contributed by atoms with Crippen LogP contribution >= 0.6 is 0 Å². The number of fused-ring (bicyclic) bond motifs is 1. The molecule has 5 heteroatoms. The number of benzene rings is 1. The Balaban J connectivity index is 2.55. The maximum atomic E-state index is 8.69. The molecule has 0 radical (unpaired) electrons. The molecule has 0 amide bonds. The second-order valence-electron chi connectivity index (χ2n) is 2.85. The van der Waals surface area contributed by atoms with Crippen molar-refractivity contribution in [2.45, 2.75) is 13.3 Å². The summed E-state index contributed by atoms with van der Waals surface area (Å²) in [4.78, 5) is 1.35. The van der Waals surface area contributed by atoms with E-state index < -0.39 is 0 Å². The molecule has 1 aromatic heterocycles. The van der Waals surface area contributed by atoms with Gasteiger partial charge in [0, 0.05) is 6.42 Å². The largest absolute Gasteiger partial charge is 0.409 e. The summed E-state index contributed by atoms with van der Waals surface area (Å²) in [5, 5.41) is 20.2. The number of oxime groups is 1. The minimum atomic E-state index is 0.432. The van der Waals surface area contributed by atoms with E-state index in [4.69, 9.17) is 5.21 Å². The topological polar surface area (TPSA) is 63.3 Å². The van der Waals surface area contributed by atoms with Crippen LogP contribution in [0.15, 0.2) is 29.4 Å². The zero-order valence-electron chi connectivity index (χ0n) is 7.75. The van der Waals surface area contributed by atoms with Crippen molar-refractivity contribution in [2.24, 2.45) is 5.16 Å². The Morgan fingerprint density at radius 3 is 2.36 bits per heavy atom. The van der Waals surface area contributed by atoms with Gasteiger partial charge in [-0.2, -0.15) is 0 Å². The van der Waals surface area contributed by atoms with Crippen molar-refractivity contribution in [3.05, 3.63) is 24.3 Å². The van der Waals surface area contributed by atoms with Gasteiger partial charge in [0.15, 0.2) is 5.84 Å². The summed E-state index contributed by atoms with van der Waals surface area (Å²) in [5.41, 5.74) is 1.59. The van der Waals surface area contributed by atoms with Crippen LogP contribution < -0.4 is 0 Å². The number of hydrogen-bond donors (Lipinski definition) is 1. The molecule has 0 atom stereocenters. The van der Waals surface area contributed by atoms with Crippen molar-refractivity contribution in [1.82, 2.24) is 15.0 Å². The predicted molar refractivity (Wildman–Crippen MR) is 52.4 cm³/mol. The van der Waals surface area contributed by atoms with E-state index in [0.717, 1.165) is 11.0 Å². The van der Waals surface area contributed by atoms with E-state index in [1.54, 1.807) is 0 Å². The fourth-order valence-corrected chi connectivity index (χ4v) is 1.23. The molecule has 0 bridgehead atoms. The van der Waals surface area contributed by atoms with E-state index in [9.17, 15) is 0 Å². The van der Waals surface area contributed by atoms with E-state index in [2.05, 4.69) is 15.4 Å². The third kappa shape index (κ3) is 1.32. The van der Waals surface area contributed by atoms with Gasteiger partial charge in [-0.1, -0.05) is 24.2 Å². The lowest BCUT2D eigenvalue weighted by Gasteiger charge is -1.95. The third-order valence-corrected chi connectivity index (χ3v) is 1.95. The molecular weight excluding hydrogens is 180 g/mol. The van der Waals surface area contributed by atoms with E-state index in [-0.39, 0.29) is 0 Å². The highest BCUT2D eigenvalue weighted by Gasteiger charge is 2.05. The van der Waals surface area contributed by atoms with Crippen molar-refractivity contribution in [3.63, 3.8) is 0 Å². The van der Waals surface area contributed by atoms with Gasteiger partial charge >= 0.3 is 0 Å². The first-order valence-electron chi connectivity index (χ1n) is 4.38. The first kappa shape index (κ1) is 8.68. The molecule has 2 aromatic rings. The molecular formula is C9H10N4O. The van der Waals surface area contributed by atoms with E-state index in [0.29, 0.717) is 12.3 Å². The average molecular weight is 190 g/mol. The van der Waals surface area contributed by atoms with E-state index in [1.165, 1.54) is 4.80 Å². The molecule has 72 valence electrons. The number of nitrogens with zero attached hydrogens (tertiary/aromatic N) is 4. The summed E-state index contributed by atoms with van der Waals surface area (Å²) >= 11 is 0. The van der Waals surface area contributed by atoms with E-state index in [1.807, 2.05) is 31.2 Å². The average Bonchev–Trinajstić information content (AvgIpc) is 2.63. The zero-order valence-corrected chi connectivity index (χ0v) is 7.75. The molecule has 14 heavy (non-hydrogen) atoms. The first-order chi connectivity index (χ1) is 6.85. The van der Waals surface area contributed by atoms with Crippen molar-refractivity contribution in [2.75, 3.05) is 0 Å². The Hall–Kier alpha value is -1.91. The van der Waals surface area contributed by atoms with Gasteiger partial charge in [-0.05, 0) is 12.1 Å². The first-order valence-corrected chi connectivity index (χ1v) is 4.38. The van der Waals surface area contributed by atoms with Gasteiger partial charge in [-0.25, -0.2) is 0 Å². The summed E-state index contributed by atoms with van der Waals surface area (Å²) in [6, 6.07) is 7.51. The maximum Gasteiger partial charge on any atom is 0.189 e. The number of hydrogen-bond acceptors (Lipinski definition) is 4. The quantitative estimate of drug-likeness (QED) is 0.320. The molecule has 0 unspecified atom stereocenters. The summed E-state index contributed by atoms with van der Waals surface area (Å²) in [7, 11) is 0. The van der Waals surface area contributed by atoms with Gasteiger partial charge in [0.2, 0.25) is 0 Å². The lowest BCUT2D eigenvalue weighted by Crippen LogP contribution is -2.13. The highest BCUT2D eigenvalue weighted by Crippen LogP contribution is 2.07. The van der Waals surface area contributed by atoms with Crippen molar-refractivity contribution >= 4 is 16.9 Å². The molecule has 1 aromatic carbocycles. The van der Waals surface area contributed by atoms with Crippen LogP contribution in [0.25, 0.3) is 11.0 Å². The summed E-state index contributed by atoms with van der Waals surface area (Å²) in [5.74, 6) is 0.432. The van der Waals surface area contributed by atoms with Crippen LogP contribution in [0.2, 0.25) is 0 Å². The van der Waals surface area contributed by atoms with Crippen LogP contribution in [-0.2, 0) is 0 Å². The molecule has 1 N–H and O–H groups in total. The standard InChI is InChI=1S/C9H10N4O/c1-2-9(12-14)13-10-7-5-3-4-6-8(7)11-13/h3-6,14H,2H2,1H3. The third-order valence-electron chi connectivity index (χ3n) is 1.95. The number of rotatable bonds is 1. The van der Waals surface area contributed by atoms with Crippen LogP contribution in [0.3, 0.4) is 0 Å². The van der Waals surface area contributed by atoms with Gasteiger partial charge < -0.3 is 5.21 Å². The maximum absolute atomic E-state index is 8.69. The Morgan fingerprint density at radius 1 is 1.36 bits per heavy atom. The summed E-state index contributed by atoms with van der Waals surface area (Å²) < 4.78 is 0. The fourth-order valence-electron chi connectivity index (χ4n) is 1.23. The SMILES string of the molecule is CCC(=NO)n1nc2ccccc2n1. The van der Waals surface area contributed by atoms with Crippen molar-refractivity contribution in [1.29, 1.82) is 0 Å². The smallest absolute Gasteiger partial charge is 0.189 e. The second-order valence-corrected chi connectivity index (χ2v) is 2.85. The van der Waals surface area contributed by atoms with Gasteiger partial charge in [0.05, 0.1) is 0 Å². The molecule has 2 rings (SSSR count). The Bertz CT molecular complexity index is 441. The summed E-state index contributed by atoms with van der Waals surface area (Å²) in [6.45, 7) is 1.88. The Labute approximate surface area is 80.6 Å². The minimum Gasteiger partial charge on any atom is -0.409 e. The molecule has 5 nitrogen and oxygen atoms in total. The molecule has 0 spiro atoms. The van der Waals surface area contributed by atoms with Gasteiger partial charge in [0.25, 0.3) is 0 Å². The second kappa shape index (κ2) is 3.45. The molecule has 0 aliphatic rings. The molecule has 0 fully saturated rings. The molecule has 0 aliphatic carbocycles. The van der Waals surface area contributed by atoms with Gasteiger partial charge in [-0.15, -0.1) is 15.0 Å². The monoisotopic (exact) mass is 190 g/mol. The Morgan fingerprint density at radius 2 is 1.93 bits per heavy atom. The minimum absolute atomic E-state index is 0.432. The number of aromatic nitrogens is 3. The highest BCUT2D eigenvalue weighted by molar-refractivity contribution is 5.84. The molecule has 1 heterocycles. The van der Waals surface area contributed by atoms with Gasteiger partial charge in [-0.3, -0.25) is 0 Å². The van der Waals surface area contributed by atoms with Crippen LogP contribution in [0, 0.1) is 0 Å². The van der Waals surface area contributed by atoms with Crippen molar-refractivity contribution < 1.29 is 5.21 Å². The molecule has 0 aliphatic heterocycles. The molecule has 0 saturated heterocycles. The predicted octanol–water partition coefficient (Wildman–Crippen LogP) is 1.48. The highest BCUT2D eigenvalue weighted by atomic mass is 16.4. The zero-order chi connectivity index (χ0) is 9.97. The van der Waals surface area contributed by atoms with E-state index >= 15 is 0 Å². The van der Waals surface area contributed by atoms with Crippen LogP contribution in [-0.4, -0.2) is 26.0 Å². The van der Waals surface area contributed by atoms with Crippen LogP contribution in [0.4, 0.5) is 0 Å². The Kier molecular flexibility index (Phi) is 2.14. The van der Waals surface area contributed by atoms with Crippen LogP contribution in [0.5, 0.6) is 0 Å². The van der Waals surface area contributed by atoms with Gasteiger partial charge in [0.1, 0.15) is 11.0 Å². The molecule has 0 saturated carbocycles. The fraction of sp³-hybridized carbons (Fsp3) is 0.222.